The van der Waals surface area contributed by atoms with Crippen LogP contribution in [0.25, 0.3) is 0 Å². The molecule has 114 valence electrons. The zero-order chi connectivity index (χ0) is 15.4. The lowest BCUT2D eigenvalue weighted by Crippen LogP contribution is -2.36. The number of nitrogens with one attached hydrogen (secondary N) is 1. The molecule has 0 spiro atoms. The van der Waals surface area contributed by atoms with Crippen LogP contribution in [0.5, 0.6) is 0 Å². The summed E-state index contributed by atoms with van der Waals surface area (Å²) in [6.45, 7) is 5.17. The third-order valence-electron chi connectivity index (χ3n) is 3.63. The van der Waals surface area contributed by atoms with Crippen molar-refractivity contribution in [3.8, 4) is 0 Å². The number of anilines is 2. The number of carbonyl (C=O) groups is 1. The predicted molar refractivity (Wildman–Crippen MR) is 86.4 cm³/mol. The Morgan fingerprint density at radius 1 is 1.23 bits per heavy atom. The molecular formula is C17H19N3O2. The molecule has 5 heteroatoms. The number of carbonyl (C=O) groups excluding carboxylic acids is 1. The number of hydrogen-bond donors (Lipinski definition) is 1. The number of nitrogens with zero attached hydrogens (tertiary/aromatic N) is 2. The van der Waals surface area contributed by atoms with E-state index in [0.29, 0.717) is 5.69 Å². The first-order valence-electron chi connectivity index (χ1n) is 7.39. The van der Waals surface area contributed by atoms with Crippen molar-refractivity contribution >= 4 is 17.3 Å². The van der Waals surface area contributed by atoms with Crippen molar-refractivity contribution in [2.24, 2.45) is 0 Å². The Morgan fingerprint density at radius 2 is 2.05 bits per heavy atom. The summed E-state index contributed by atoms with van der Waals surface area (Å²) in [5.41, 5.74) is 3.33. The summed E-state index contributed by atoms with van der Waals surface area (Å²) in [4.78, 5) is 18.7. The molecule has 2 aromatic rings. The van der Waals surface area contributed by atoms with E-state index in [-0.39, 0.29) is 5.91 Å². The number of aromatic nitrogens is 1. The highest BCUT2D eigenvalue weighted by atomic mass is 16.5. The van der Waals surface area contributed by atoms with E-state index in [4.69, 9.17) is 4.74 Å². The van der Waals surface area contributed by atoms with Gasteiger partial charge in [-0.3, -0.25) is 4.79 Å². The molecule has 1 aliphatic heterocycles. The Bertz CT molecular complexity index is 649. The maximum atomic E-state index is 12.2. The molecule has 1 aliphatic rings. The van der Waals surface area contributed by atoms with Gasteiger partial charge in [0.05, 0.1) is 25.1 Å². The van der Waals surface area contributed by atoms with E-state index in [0.717, 1.165) is 43.2 Å². The highest BCUT2D eigenvalue weighted by Crippen LogP contribution is 2.16. The fraction of sp³-hybridized carbons (Fsp3) is 0.294. The second-order valence-electron chi connectivity index (χ2n) is 5.32. The lowest BCUT2D eigenvalue weighted by atomic mass is 10.2. The third-order valence-corrected chi connectivity index (χ3v) is 3.63. The third kappa shape index (κ3) is 3.43. The monoisotopic (exact) mass is 297 g/mol. The average Bonchev–Trinajstić information content (AvgIpc) is 2.56. The number of hydrogen-bond acceptors (Lipinski definition) is 4. The Kier molecular flexibility index (Phi) is 4.34. The van der Waals surface area contributed by atoms with Gasteiger partial charge in [0.25, 0.3) is 5.91 Å². The number of pyridine rings is 1. The number of ether oxygens (including phenoxy) is 1. The van der Waals surface area contributed by atoms with Gasteiger partial charge in [-0.1, -0.05) is 12.1 Å². The van der Waals surface area contributed by atoms with E-state index < -0.39 is 0 Å². The van der Waals surface area contributed by atoms with E-state index in [9.17, 15) is 4.79 Å². The van der Waals surface area contributed by atoms with Crippen molar-refractivity contribution in [1.82, 2.24) is 4.98 Å². The predicted octanol–water partition coefficient (Wildman–Crippen LogP) is 2.48. The van der Waals surface area contributed by atoms with Gasteiger partial charge in [0.1, 0.15) is 5.69 Å². The largest absolute Gasteiger partial charge is 0.378 e. The Labute approximate surface area is 129 Å². The van der Waals surface area contributed by atoms with Gasteiger partial charge in [-0.15, -0.1) is 0 Å². The first-order valence-corrected chi connectivity index (χ1v) is 7.39. The fourth-order valence-electron chi connectivity index (χ4n) is 2.45. The van der Waals surface area contributed by atoms with E-state index in [1.807, 2.05) is 37.3 Å². The van der Waals surface area contributed by atoms with Gasteiger partial charge < -0.3 is 15.0 Å². The van der Waals surface area contributed by atoms with Crippen LogP contribution in [0.2, 0.25) is 0 Å². The van der Waals surface area contributed by atoms with E-state index in [1.165, 1.54) is 0 Å². The molecule has 1 aromatic heterocycles. The number of rotatable bonds is 3. The smallest absolute Gasteiger partial charge is 0.274 e. The Balaban J connectivity index is 1.68. The average molecular weight is 297 g/mol. The van der Waals surface area contributed by atoms with Gasteiger partial charge >= 0.3 is 0 Å². The SMILES string of the molecule is Cc1cccc(NC(=O)c2ccc(N3CCOCC3)cn2)c1. The fourth-order valence-corrected chi connectivity index (χ4v) is 2.45. The zero-order valence-electron chi connectivity index (χ0n) is 12.6. The van der Waals surface area contributed by atoms with Crippen molar-refractivity contribution < 1.29 is 9.53 Å². The molecule has 0 atom stereocenters. The molecule has 0 radical (unpaired) electrons. The Morgan fingerprint density at radius 3 is 2.73 bits per heavy atom. The van der Waals surface area contributed by atoms with Crippen molar-refractivity contribution in [2.45, 2.75) is 6.92 Å². The quantitative estimate of drug-likeness (QED) is 0.945. The van der Waals surface area contributed by atoms with Crippen LogP contribution in [-0.2, 0) is 4.74 Å². The van der Waals surface area contributed by atoms with E-state index in [2.05, 4.69) is 15.2 Å². The highest BCUT2D eigenvalue weighted by molar-refractivity contribution is 6.02. The first kappa shape index (κ1) is 14.5. The molecule has 1 aromatic carbocycles. The van der Waals surface area contributed by atoms with Crippen molar-refractivity contribution in [1.29, 1.82) is 0 Å². The molecule has 0 aliphatic carbocycles. The summed E-state index contributed by atoms with van der Waals surface area (Å²) in [7, 11) is 0. The maximum absolute atomic E-state index is 12.2. The second kappa shape index (κ2) is 6.58. The number of aryl methyl sites for hydroxylation is 1. The van der Waals surface area contributed by atoms with Crippen LogP contribution >= 0.6 is 0 Å². The molecular weight excluding hydrogens is 278 g/mol. The van der Waals surface area contributed by atoms with Crippen LogP contribution in [-0.4, -0.2) is 37.2 Å². The van der Waals surface area contributed by atoms with Gasteiger partial charge in [-0.05, 0) is 36.8 Å². The lowest BCUT2D eigenvalue weighted by molar-refractivity contribution is 0.102. The molecule has 3 rings (SSSR count). The summed E-state index contributed by atoms with van der Waals surface area (Å²) in [5.74, 6) is -0.195. The number of benzene rings is 1. The molecule has 0 bridgehead atoms. The van der Waals surface area contributed by atoms with Crippen LogP contribution in [0.1, 0.15) is 16.1 Å². The van der Waals surface area contributed by atoms with E-state index in [1.54, 1.807) is 12.3 Å². The summed E-state index contributed by atoms with van der Waals surface area (Å²) < 4.78 is 5.33. The molecule has 1 fully saturated rings. The summed E-state index contributed by atoms with van der Waals surface area (Å²) in [6.07, 6.45) is 1.75. The standard InChI is InChI=1S/C17H19N3O2/c1-13-3-2-4-14(11-13)19-17(21)16-6-5-15(12-18-16)20-7-9-22-10-8-20/h2-6,11-12H,7-10H2,1H3,(H,19,21). The van der Waals surface area contributed by atoms with Gasteiger partial charge in [0.15, 0.2) is 0 Å². The van der Waals surface area contributed by atoms with Crippen LogP contribution in [0.3, 0.4) is 0 Å². The van der Waals surface area contributed by atoms with Gasteiger partial charge in [0, 0.05) is 18.8 Å². The first-order chi connectivity index (χ1) is 10.7. The molecule has 2 heterocycles. The van der Waals surface area contributed by atoms with Crippen LogP contribution in [0.15, 0.2) is 42.6 Å². The van der Waals surface area contributed by atoms with Gasteiger partial charge in [0.2, 0.25) is 0 Å². The number of amides is 1. The van der Waals surface area contributed by atoms with Gasteiger partial charge in [-0.2, -0.15) is 0 Å². The highest BCUT2D eigenvalue weighted by Gasteiger charge is 2.13. The molecule has 1 N–H and O–H groups in total. The van der Waals surface area contributed by atoms with E-state index >= 15 is 0 Å². The zero-order valence-corrected chi connectivity index (χ0v) is 12.6. The minimum atomic E-state index is -0.195. The van der Waals surface area contributed by atoms with Crippen molar-refractivity contribution in [3.05, 3.63) is 53.9 Å². The summed E-state index contributed by atoms with van der Waals surface area (Å²) in [6, 6.07) is 11.4. The summed E-state index contributed by atoms with van der Waals surface area (Å²) >= 11 is 0. The number of morpholine rings is 1. The molecule has 1 saturated heterocycles. The normalized spacial score (nSPS) is 14.7. The second-order valence-corrected chi connectivity index (χ2v) is 5.32. The van der Waals surface area contributed by atoms with Crippen molar-refractivity contribution in [3.63, 3.8) is 0 Å². The van der Waals surface area contributed by atoms with Crippen LogP contribution in [0, 0.1) is 6.92 Å². The van der Waals surface area contributed by atoms with Gasteiger partial charge in [-0.25, -0.2) is 4.98 Å². The van der Waals surface area contributed by atoms with Crippen LogP contribution in [0.4, 0.5) is 11.4 Å². The molecule has 0 unspecified atom stereocenters. The maximum Gasteiger partial charge on any atom is 0.274 e. The Hall–Kier alpha value is -2.40. The summed E-state index contributed by atoms with van der Waals surface area (Å²) in [5, 5.41) is 2.86. The minimum absolute atomic E-state index is 0.195. The molecule has 22 heavy (non-hydrogen) atoms. The van der Waals surface area contributed by atoms with Crippen molar-refractivity contribution in [2.75, 3.05) is 36.5 Å². The molecule has 0 saturated carbocycles. The molecule has 1 amide bonds. The lowest BCUT2D eigenvalue weighted by Gasteiger charge is -2.28. The minimum Gasteiger partial charge on any atom is -0.378 e. The topological polar surface area (TPSA) is 54.5 Å². The molecule has 5 nitrogen and oxygen atoms in total. The van der Waals surface area contributed by atoms with Crippen LogP contribution < -0.4 is 10.2 Å².